The van der Waals surface area contributed by atoms with E-state index in [9.17, 15) is 0 Å². The third kappa shape index (κ3) is 1.53. The van der Waals surface area contributed by atoms with Crippen LogP contribution in [0.2, 0.25) is 0 Å². The van der Waals surface area contributed by atoms with E-state index >= 15 is 0 Å². The molecule has 5 atom stereocenters. The lowest BCUT2D eigenvalue weighted by Crippen LogP contribution is -2.42. The van der Waals surface area contributed by atoms with Crippen LogP contribution in [0.3, 0.4) is 0 Å². The lowest BCUT2D eigenvalue weighted by molar-refractivity contribution is -0.0856. The van der Waals surface area contributed by atoms with E-state index in [0.717, 1.165) is 5.92 Å². The molecule has 2 bridgehead atoms. The van der Waals surface area contributed by atoms with Crippen LogP contribution in [0.4, 0.5) is 0 Å². The molecule has 16 heavy (non-hydrogen) atoms. The summed E-state index contributed by atoms with van der Waals surface area (Å²) in [6.45, 7) is 11.4. The van der Waals surface area contributed by atoms with Crippen LogP contribution in [0, 0.1) is 16.7 Å². The van der Waals surface area contributed by atoms with Crippen LogP contribution in [0.25, 0.3) is 0 Å². The molecule has 5 unspecified atom stereocenters. The summed E-state index contributed by atoms with van der Waals surface area (Å²) in [5.41, 5.74) is 6.70. The molecule has 0 heterocycles. The van der Waals surface area contributed by atoms with Gasteiger partial charge in [0.05, 0.1) is 12.2 Å². The fourth-order valence-electron chi connectivity index (χ4n) is 3.72. The van der Waals surface area contributed by atoms with Gasteiger partial charge < -0.3 is 10.5 Å². The zero-order valence-electron chi connectivity index (χ0n) is 11.4. The van der Waals surface area contributed by atoms with Crippen molar-refractivity contribution >= 4 is 0 Å². The van der Waals surface area contributed by atoms with Gasteiger partial charge >= 0.3 is 0 Å². The largest absolute Gasteiger partial charge is 0.373 e. The second kappa shape index (κ2) is 3.71. The third-order valence-electron chi connectivity index (χ3n) is 5.83. The second-order valence-corrected chi connectivity index (χ2v) is 6.80. The lowest BCUT2D eigenvalue weighted by Gasteiger charge is -2.40. The van der Waals surface area contributed by atoms with Crippen LogP contribution < -0.4 is 5.73 Å². The van der Waals surface area contributed by atoms with Crippen LogP contribution in [0.1, 0.15) is 53.9 Å². The van der Waals surface area contributed by atoms with E-state index in [0.29, 0.717) is 16.9 Å². The number of hydrogen-bond acceptors (Lipinski definition) is 2. The molecule has 2 heteroatoms. The van der Waals surface area contributed by atoms with Gasteiger partial charge in [-0.2, -0.15) is 0 Å². The van der Waals surface area contributed by atoms with Gasteiger partial charge in [-0.1, -0.05) is 20.8 Å². The Kier molecular flexibility index (Phi) is 2.87. The average Bonchev–Trinajstić information content (AvgIpc) is 2.50. The fraction of sp³-hybridized carbons (Fsp3) is 1.00. The molecule has 2 fully saturated rings. The van der Waals surface area contributed by atoms with Crippen molar-refractivity contribution in [1.29, 1.82) is 0 Å². The van der Waals surface area contributed by atoms with E-state index in [4.69, 9.17) is 10.5 Å². The molecule has 2 N–H and O–H groups in total. The summed E-state index contributed by atoms with van der Waals surface area (Å²) in [6.07, 6.45) is 4.54. The van der Waals surface area contributed by atoms with Gasteiger partial charge in [0, 0.05) is 6.04 Å². The predicted octanol–water partition coefficient (Wildman–Crippen LogP) is 2.95. The quantitative estimate of drug-likeness (QED) is 0.801. The molecule has 2 rings (SSSR count). The van der Waals surface area contributed by atoms with Gasteiger partial charge in [0.15, 0.2) is 0 Å². The SMILES string of the molecule is CC(N)C(C)OC1CC2CCC1(C)C2(C)C. The Morgan fingerprint density at radius 2 is 1.88 bits per heavy atom. The highest BCUT2D eigenvalue weighted by molar-refractivity contribution is 5.11. The number of nitrogens with two attached hydrogens (primary N) is 1. The molecule has 0 radical (unpaired) electrons. The highest BCUT2D eigenvalue weighted by Gasteiger charge is 2.62. The smallest absolute Gasteiger partial charge is 0.0699 e. The normalized spacial score (nSPS) is 44.6. The van der Waals surface area contributed by atoms with Crippen molar-refractivity contribution in [3.05, 3.63) is 0 Å². The van der Waals surface area contributed by atoms with Crippen LogP contribution in [0.5, 0.6) is 0 Å². The Morgan fingerprint density at radius 1 is 1.25 bits per heavy atom. The van der Waals surface area contributed by atoms with Crippen molar-refractivity contribution in [2.75, 3.05) is 0 Å². The highest BCUT2D eigenvalue weighted by atomic mass is 16.5. The molecule has 0 aromatic carbocycles. The van der Waals surface area contributed by atoms with Crippen molar-refractivity contribution in [2.24, 2.45) is 22.5 Å². The molecule has 94 valence electrons. The summed E-state index contributed by atoms with van der Waals surface area (Å²) in [4.78, 5) is 0. The van der Waals surface area contributed by atoms with E-state index in [-0.39, 0.29) is 12.1 Å². The van der Waals surface area contributed by atoms with Gasteiger partial charge in [-0.15, -0.1) is 0 Å². The Labute approximate surface area is 99.9 Å². The van der Waals surface area contributed by atoms with Gasteiger partial charge in [-0.05, 0) is 49.9 Å². The van der Waals surface area contributed by atoms with Gasteiger partial charge in [0.25, 0.3) is 0 Å². The summed E-state index contributed by atoms with van der Waals surface area (Å²) in [5, 5.41) is 0. The van der Waals surface area contributed by atoms with Crippen LogP contribution in [0.15, 0.2) is 0 Å². The highest BCUT2D eigenvalue weighted by Crippen LogP contribution is 2.66. The maximum atomic E-state index is 6.22. The predicted molar refractivity (Wildman–Crippen MR) is 67.2 cm³/mol. The molecular formula is C14H27NO. The maximum Gasteiger partial charge on any atom is 0.0699 e. The molecule has 0 aromatic heterocycles. The molecule has 0 aromatic rings. The topological polar surface area (TPSA) is 35.2 Å². The van der Waals surface area contributed by atoms with E-state index in [1.54, 1.807) is 0 Å². The molecule has 2 saturated carbocycles. The van der Waals surface area contributed by atoms with Crippen LogP contribution >= 0.6 is 0 Å². The Balaban J connectivity index is 2.10. The Hall–Kier alpha value is -0.0800. The molecule has 2 aliphatic rings. The summed E-state index contributed by atoms with van der Waals surface area (Å²) in [7, 11) is 0. The van der Waals surface area contributed by atoms with E-state index < -0.39 is 0 Å². The minimum Gasteiger partial charge on any atom is -0.373 e. The van der Waals surface area contributed by atoms with E-state index in [1.807, 2.05) is 6.92 Å². The monoisotopic (exact) mass is 225 g/mol. The summed E-state index contributed by atoms with van der Waals surface area (Å²) in [6, 6.07) is 0.130. The molecule has 0 saturated heterocycles. The third-order valence-corrected chi connectivity index (χ3v) is 5.83. The van der Waals surface area contributed by atoms with Crippen molar-refractivity contribution in [3.8, 4) is 0 Å². The van der Waals surface area contributed by atoms with Gasteiger partial charge in [0.1, 0.15) is 0 Å². The zero-order chi connectivity index (χ0) is 12.1. The zero-order valence-corrected chi connectivity index (χ0v) is 11.4. The number of rotatable bonds is 3. The van der Waals surface area contributed by atoms with Gasteiger partial charge in [0.2, 0.25) is 0 Å². The second-order valence-electron chi connectivity index (χ2n) is 6.80. The fourth-order valence-corrected chi connectivity index (χ4v) is 3.72. The van der Waals surface area contributed by atoms with Crippen LogP contribution in [-0.4, -0.2) is 18.2 Å². The average molecular weight is 225 g/mol. The molecule has 0 aliphatic heterocycles. The first-order chi connectivity index (χ1) is 7.29. The molecule has 2 aliphatic carbocycles. The molecule has 0 spiro atoms. The molecule has 0 amide bonds. The maximum absolute atomic E-state index is 6.22. The minimum absolute atomic E-state index is 0.130. The standard InChI is InChI=1S/C14H27NO/c1-9(15)10(2)16-12-8-11-6-7-14(12,5)13(11,3)4/h9-12H,6-8,15H2,1-5H3. The number of ether oxygens (including phenoxy) is 1. The summed E-state index contributed by atoms with van der Waals surface area (Å²) < 4.78 is 6.22. The molecular weight excluding hydrogens is 198 g/mol. The number of fused-ring (bicyclic) bond motifs is 2. The van der Waals surface area contributed by atoms with Crippen molar-refractivity contribution < 1.29 is 4.74 Å². The first-order valence-electron chi connectivity index (χ1n) is 6.70. The first kappa shape index (κ1) is 12.4. The van der Waals surface area contributed by atoms with E-state index in [2.05, 4.69) is 27.7 Å². The summed E-state index contributed by atoms with van der Waals surface area (Å²) in [5.74, 6) is 0.850. The lowest BCUT2D eigenvalue weighted by atomic mass is 9.70. The number of hydrogen-bond donors (Lipinski definition) is 1. The summed E-state index contributed by atoms with van der Waals surface area (Å²) >= 11 is 0. The first-order valence-corrected chi connectivity index (χ1v) is 6.70. The van der Waals surface area contributed by atoms with Gasteiger partial charge in [-0.25, -0.2) is 0 Å². The van der Waals surface area contributed by atoms with Gasteiger partial charge in [-0.3, -0.25) is 0 Å². The molecule has 2 nitrogen and oxygen atoms in total. The van der Waals surface area contributed by atoms with Crippen molar-refractivity contribution in [1.82, 2.24) is 0 Å². The Morgan fingerprint density at radius 3 is 2.25 bits per heavy atom. The van der Waals surface area contributed by atoms with Crippen molar-refractivity contribution in [2.45, 2.75) is 72.1 Å². The van der Waals surface area contributed by atoms with Crippen LogP contribution in [-0.2, 0) is 4.74 Å². The minimum atomic E-state index is 0.130. The Bertz CT molecular complexity index is 274. The van der Waals surface area contributed by atoms with E-state index in [1.165, 1.54) is 19.3 Å². The van der Waals surface area contributed by atoms with Crippen molar-refractivity contribution in [3.63, 3.8) is 0 Å².